The third-order valence-corrected chi connectivity index (χ3v) is 5.34. The van der Waals surface area contributed by atoms with E-state index in [1.165, 1.54) is 17.3 Å². The molecular formula is C18H24N4OS. The van der Waals surface area contributed by atoms with E-state index >= 15 is 0 Å². The predicted octanol–water partition coefficient (Wildman–Crippen LogP) is 3.32. The van der Waals surface area contributed by atoms with Gasteiger partial charge in [-0.15, -0.1) is 10.2 Å². The second-order valence-corrected chi connectivity index (χ2v) is 7.07. The van der Waals surface area contributed by atoms with Gasteiger partial charge in [0.1, 0.15) is 5.82 Å². The summed E-state index contributed by atoms with van der Waals surface area (Å²) in [7, 11) is 0. The molecule has 0 fully saturated rings. The number of carbonyl (C=O) groups excluding carboxylic acids is 1. The van der Waals surface area contributed by atoms with Gasteiger partial charge in [-0.1, -0.05) is 36.9 Å². The quantitative estimate of drug-likeness (QED) is 0.754. The number of carbonyl (C=O) groups is 1. The third kappa shape index (κ3) is 3.20. The number of anilines is 1. The zero-order valence-electron chi connectivity index (χ0n) is 14.5. The van der Waals surface area contributed by atoms with Crippen LogP contribution < -0.4 is 4.90 Å². The number of fused-ring (bicyclic) bond motifs is 1. The van der Waals surface area contributed by atoms with E-state index in [1.807, 2.05) is 23.1 Å². The van der Waals surface area contributed by atoms with Gasteiger partial charge in [0.2, 0.25) is 5.91 Å². The van der Waals surface area contributed by atoms with Crippen LogP contribution in [0.15, 0.2) is 29.4 Å². The monoisotopic (exact) mass is 344 g/mol. The molecule has 1 atom stereocenters. The van der Waals surface area contributed by atoms with Crippen molar-refractivity contribution in [3.05, 3.63) is 35.7 Å². The molecule has 24 heavy (non-hydrogen) atoms. The van der Waals surface area contributed by atoms with Crippen molar-refractivity contribution in [3.8, 4) is 0 Å². The highest BCUT2D eigenvalue weighted by Crippen LogP contribution is 2.32. The van der Waals surface area contributed by atoms with Crippen LogP contribution in [0, 0.1) is 0 Å². The molecule has 0 N–H and O–H groups in total. The van der Waals surface area contributed by atoms with Gasteiger partial charge in [-0.05, 0) is 38.3 Å². The molecule has 5 nitrogen and oxygen atoms in total. The SMILES string of the molecule is CCCc1nnc(SCC(=O)N2c3ccccc3C[C@@H]2C)n1CC. The number of hydrogen-bond donors (Lipinski definition) is 0. The molecule has 0 unspecified atom stereocenters. The van der Waals surface area contributed by atoms with E-state index in [1.54, 1.807) is 0 Å². The first-order chi connectivity index (χ1) is 11.7. The summed E-state index contributed by atoms with van der Waals surface area (Å²) in [6.07, 6.45) is 2.90. The lowest BCUT2D eigenvalue weighted by Gasteiger charge is -2.22. The van der Waals surface area contributed by atoms with Gasteiger partial charge in [-0.2, -0.15) is 0 Å². The second-order valence-electron chi connectivity index (χ2n) is 6.13. The number of aromatic nitrogens is 3. The van der Waals surface area contributed by atoms with Crippen molar-refractivity contribution in [1.29, 1.82) is 0 Å². The molecule has 1 aromatic heterocycles. The molecule has 6 heteroatoms. The van der Waals surface area contributed by atoms with E-state index < -0.39 is 0 Å². The van der Waals surface area contributed by atoms with E-state index in [0.29, 0.717) is 5.75 Å². The second kappa shape index (κ2) is 7.38. The van der Waals surface area contributed by atoms with Crippen LogP contribution in [-0.4, -0.2) is 32.5 Å². The number of rotatable bonds is 6. The maximum absolute atomic E-state index is 12.8. The lowest BCUT2D eigenvalue weighted by atomic mass is 10.1. The fraction of sp³-hybridized carbons (Fsp3) is 0.500. The summed E-state index contributed by atoms with van der Waals surface area (Å²) in [5, 5.41) is 9.39. The Labute approximate surface area is 147 Å². The molecule has 1 aliphatic heterocycles. The van der Waals surface area contributed by atoms with Gasteiger partial charge >= 0.3 is 0 Å². The lowest BCUT2D eigenvalue weighted by molar-refractivity contribution is -0.116. The molecular weight excluding hydrogens is 320 g/mol. The Morgan fingerprint density at radius 2 is 2.08 bits per heavy atom. The van der Waals surface area contributed by atoms with Crippen LogP contribution >= 0.6 is 11.8 Å². The number of amides is 1. The molecule has 0 spiro atoms. The normalized spacial score (nSPS) is 16.5. The number of hydrogen-bond acceptors (Lipinski definition) is 4. The molecule has 1 amide bonds. The number of thioether (sulfide) groups is 1. The average Bonchev–Trinajstić information content (AvgIpc) is 3.12. The Hall–Kier alpha value is -1.82. The lowest BCUT2D eigenvalue weighted by Crippen LogP contribution is -2.37. The largest absolute Gasteiger partial charge is 0.308 e. The molecule has 2 heterocycles. The summed E-state index contributed by atoms with van der Waals surface area (Å²) in [5.74, 6) is 1.54. The predicted molar refractivity (Wildman–Crippen MR) is 97.5 cm³/mol. The Morgan fingerprint density at radius 1 is 1.29 bits per heavy atom. The molecule has 0 saturated carbocycles. The molecule has 0 bridgehead atoms. The highest BCUT2D eigenvalue weighted by Gasteiger charge is 2.30. The summed E-state index contributed by atoms with van der Waals surface area (Å²) < 4.78 is 2.11. The highest BCUT2D eigenvalue weighted by atomic mass is 32.2. The maximum Gasteiger partial charge on any atom is 0.237 e. The van der Waals surface area contributed by atoms with Gasteiger partial charge in [0.05, 0.1) is 5.75 Å². The van der Waals surface area contributed by atoms with Crippen LogP contribution in [0.5, 0.6) is 0 Å². The third-order valence-electron chi connectivity index (χ3n) is 4.38. The Bertz CT molecular complexity index is 728. The van der Waals surface area contributed by atoms with E-state index in [-0.39, 0.29) is 11.9 Å². The summed E-state index contributed by atoms with van der Waals surface area (Å²) in [4.78, 5) is 14.7. The average molecular weight is 344 g/mol. The van der Waals surface area contributed by atoms with Crippen LogP contribution in [0.3, 0.4) is 0 Å². The van der Waals surface area contributed by atoms with Crippen LogP contribution in [0.4, 0.5) is 5.69 Å². The zero-order valence-corrected chi connectivity index (χ0v) is 15.3. The number of para-hydroxylation sites is 1. The number of nitrogens with zero attached hydrogens (tertiary/aromatic N) is 4. The van der Waals surface area contributed by atoms with Crippen molar-refractivity contribution in [2.75, 3.05) is 10.7 Å². The summed E-state index contributed by atoms with van der Waals surface area (Å²) >= 11 is 1.49. The first-order valence-electron chi connectivity index (χ1n) is 8.60. The maximum atomic E-state index is 12.8. The Kier molecular flexibility index (Phi) is 5.23. The van der Waals surface area contributed by atoms with Crippen molar-refractivity contribution in [2.45, 2.75) is 57.8 Å². The van der Waals surface area contributed by atoms with E-state index in [9.17, 15) is 4.79 Å². The van der Waals surface area contributed by atoms with Crippen LogP contribution in [0.1, 0.15) is 38.6 Å². The smallest absolute Gasteiger partial charge is 0.237 e. The van der Waals surface area contributed by atoms with Crippen molar-refractivity contribution in [1.82, 2.24) is 14.8 Å². The van der Waals surface area contributed by atoms with Crippen molar-refractivity contribution >= 4 is 23.4 Å². The molecule has 1 aliphatic rings. The number of aryl methyl sites for hydroxylation is 1. The molecule has 128 valence electrons. The van der Waals surface area contributed by atoms with Crippen molar-refractivity contribution in [2.24, 2.45) is 0 Å². The van der Waals surface area contributed by atoms with Gasteiger partial charge in [-0.3, -0.25) is 4.79 Å². The Balaban J connectivity index is 1.70. The van der Waals surface area contributed by atoms with Crippen molar-refractivity contribution < 1.29 is 4.79 Å². The molecule has 0 saturated heterocycles. The first kappa shape index (κ1) is 17.0. The van der Waals surface area contributed by atoms with Gasteiger partial charge in [0, 0.05) is 24.7 Å². The molecule has 2 aromatic rings. The Morgan fingerprint density at radius 3 is 2.83 bits per heavy atom. The van der Waals surface area contributed by atoms with Crippen LogP contribution in [0.25, 0.3) is 0 Å². The van der Waals surface area contributed by atoms with Crippen LogP contribution in [0.2, 0.25) is 0 Å². The van der Waals surface area contributed by atoms with E-state index in [4.69, 9.17) is 0 Å². The fourth-order valence-corrected chi connectivity index (χ4v) is 4.17. The molecule has 0 radical (unpaired) electrons. The molecule has 3 rings (SSSR count). The summed E-state index contributed by atoms with van der Waals surface area (Å²) in [6, 6.07) is 8.39. The minimum absolute atomic E-state index is 0.139. The minimum Gasteiger partial charge on any atom is -0.308 e. The van der Waals surface area contributed by atoms with E-state index in [2.05, 4.69) is 41.6 Å². The molecule has 1 aromatic carbocycles. The highest BCUT2D eigenvalue weighted by molar-refractivity contribution is 7.99. The van der Waals surface area contributed by atoms with Gasteiger partial charge in [-0.25, -0.2) is 0 Å². The van der Waals surface area contributed by atoms with E-state index in [0.717, 1.165) is 42.5 Å². The fourth-order valence-electron chi connectivity index (χ4n) is 3.29. The van der Waals surface area contributed by atoms with Crippen molar-refractivity contribution in [3.63, 3.8) is 0 Å². The van der Waals surface area contributed by atoms with Gasteiger partial charge < -0.3 is 9.47 Å². The molecule has 0 aliphatic carbocycles. The zero-order chi connectivity index (χ0) is 17.1. The van der Waals surface area contributed by atoms with Gasteiger partial charge in [0.15, 0.2) is 5.16 Å². The van der Waals surface area contributed by atoms with Gasteiger partial charge in [0.25, 0.3) is 0 Å². The first-order valence-corrected chi connectivity index (χ1v) is 9.59. The minimum atomic E-state index is 0.139. The number of benzene rings is 1. The topological polar surface area (TPSA) is 51.0 Å². The summed E-state index contributed by atoms with van der Waals surface area (Å²) in [5.41, 5.74) is 2.31. The standard InChI is InChI=1S/C18H24N4OS/c1-4-8-16-19-20-18(21(16)5-2)24-12-17(23)22-13(3)11-14-9-6-7-10-15(14)22/h6-7,9-10,13H,4-5,8,11-12H2,1-3H3/t13-/m0/s1. The van der Waals surface area contributed by atoms with Crippen LogP contribution in [-0.2, 0) is 24.2 Å². The summed E-state index contributed by atoms with van der Waals surface area (Å²) in [6.45, 7) is 7.17.